The Labute approximate surface area is 203 Å². The molecule has 0 radical (unpaired) electrons. The smallest absolute Gasteiger partial charge is 0.349 e. The van der Waals surface area contributed by atoms with Crippen molar-refractivity contribution in [3.63, 3.8) is 0 Å². The molecular formula is C26H11F7O4. The number of ether oxygens (including phenoxy) is 2. The molecule has 0 heterocycles. The molecule has 4 rings (SSSR count). The van der Waals surface area contributed by atoms with E-state index in [1.54, 1.807) is 0 Å². The Morgan fingerprint density at radius 3 is 1.41 bits per heavy atom. The number of halogens is 7. The van der Waals surface area contributed by atoms with Crippen molar-refractivity contribution in [2.75, 3.05) is 0 Å². The summed E-state index contributed by atoms with van der Waals surface area (Å²) in [5.41, 5.74) is -1.22. The Morgan fingerprint density at radius 1 is 0.486 bits per heavy atom. The van der Waals surface area contributed by atoms with Crippen LogP contribution in [0.15, 0.2) is 66.7 Å². The molecule has 0 bridgehead atoms. The first-order chi connectivity index (χ1) is 17.6. The molecule has 0 N–H and O–H groups in total. The number of esters is 2. The first kappa shape index (κ1) is 25.4. The maximum Gasteiger partial charge on any atom is 0.349 e. The second-order valence-electron chi connectivity index (χ2n) is 7.37. The van der Waals surface area contributed by atoms with Crippen LogP contribution in [0.3, 0.4) is 0 Å². The highest BCUT2D eigenvalue weighted by Crippen LogP contribution is 2.27. The lowest BCUT2D eigenvalue weighted by molar-refractivity contribution is 0.0714. The third kappa shape index (κ3) is 5.01. The highest BCUT2D eigenvalue weighted by Gasteiger charge is 2.31. The van der Waals surface area contributed by atoms with Gasteiger partial charge in [-0.3, -0.25) is 0 Å². The molecule has 0 amide bonds. The van der Waals surface area contributed by atoms with Crippen molar-refractivity contribution in [3.8, 4) is 22.6 Å². The minimum atomic E-state index is -2.40. The average molecular weight is 520 g/mol. The second kappa shape index (κ2) is 10.1. The van der Waals surface area contributed by atoms with E-state index in [4.69, 9.17) is 9.47 Å². The van der Waals surface area contributed by atoms with Crippen LogP contribution in [0.25, 0.3) is 11.1 Å². The van der Waals surface area contributed by atoms with Crippen molar-refractivity contribution in [1.29, 1.82) is 0 Å². The standard InChI is InChI=1S/C26H11F7O4/c27-17-3-1-2-16(19(17)28)25(34)36-14-8-4-12(5-9-14)13-6-10-15(11-7-13)37-26(35)18-20(29)22(31)24(33)23(32)21(18)30/h1-11H. The van der Waals surface area contributed by atoms with Gasteiger partial charge in [-0.15, -0.1) is 0 Å². The molecule has 4 nitrogen and oxygen atoms in total. The van der Waals surface area contributed by atoms with Crippen LogP contribution in [0, 0.1) is 40.7 Å². The normalized spacial score (nSPS) is 10.8. The number of benzene rings is 4. The molecule has 0 aliphatic heterocycles. The Hall–Kier alpha value is -4.67. The SMILES string of the molecule is O=C(Oc1ccc(-c2ccc(OC(=O)c3c(F)c(F)c(F)c(F)c3F)cc2)cc1)c1cccc(F)c1F. The molecular weight excluding hydrogens is 509 g/mol. The van der Waals surface area contributed by atoms with Crippen LogP contribution in [0.5, 0.6) is 11.5 Å². The monoisotopic (exact) mass is 520 g/mol. The van der Waals surface area contributed by atoms with E-state index in [1.165, 1.54) is 48.5 Å². The fourth-order valence-electron chi connectivity index (χ4n) is 3.20. The molecule has 11 heteroatoms. The van der Waals surface area contributed by atoms with Crippen molar-refractivity contribution in [2.24, 2.45) is 0 Å². The van der Waals surface area contributed by atoms with Gasteiger partial charge in [-0.05, 0) is 47.5 Å². The van der Waals surface area contributed by atoms with Crippen LogP contribution >= 0.6 is 0 Å². The van der Waals surface area contributed by atoms with Crippen molar-refractivity contribution < 1.29 is 49.8 Å². The van der Waals surface area contributed by atoms with E-state index < -0.39 is 63.8 Å². The quantitative estimate of drug-likeness (QED) is 0.0959. The van der Waals surface area contributed by atoms with E-state index >= 15 is 0 Å². The molecule has 0 fully saturated rings. The van der Waals surface area contributed by atoms with Crippen LogP contribution in [-0.4, -0.2) is 11.9 Å². The Balaban J connectivity index is 1.46. The van der Waals surface area contributed by atoms with Crippen LogP contribution in [0.1, 0.15) is 20.7 Å². The molecule has 0 unspecified atom stereocenters. The van der Waals surface area contributed by atoms with Gasteiger partial charge >= 0.3 is 11.9 Å². The highest BCUT2D eigenvalue weighted by molar-refractivity contribution is 5.92. The van der Waals surface area contributed by atoms with Gasteiger partial charge in [-0.25, -0.2) is 40.3 Å². The summed E-state index contributed by atoms with van der Waals surface area (Å²) in [6.45, 7) is 0. The lowest BCUT2D eigenvalue weighted by Gasteiger charge is -2.09. The molecule has 0 aliphatic rings. The molecule has 0 aliphatic carbocycles. The molecule has 0 spiro atoms. The van der Waals surface area contributed by atoms with E-state index in [2.05, 4.69) is 0 Å². The van der Waals surface area contributed by atoms with Gasteiger partial charge < -0.3 is 9.47 Å². The molecule has 188 valence electrons. The van der Waals surface area contributed by atoms with E-state index in [9.17, 15) is 40.3 Å². The van der Waals surface area contributed by atoms with Crippen molar-refractivity contribution in [3.05, 3.63) is 119 Å². The molecule has 4 aromatic rings. The lowest BCUT2D eigenvalue weighted by atomic mass is 10.1. The van der Waals surface area contributed by atoms with Gasteiger partial charge in [0.25, 0.3) is 0 Å². The summed E-state index contributed by atoms with van der Waals surface area (Å²) in [5, 5.41) is 0. The van der Waals surface area contributed by atoms with Gasteiger partial charge in [0.1, 0.15) is 17.1 Å². The molecule has 0 atom stereocenters. The summed E-state index contributed by atoms with van der Waals surface area (Å²) in [6.07, 6.45) is 0. The minimum absolute atomic E-state index is 0.0331. The topological polar surface area (TPSA) is 52.6 Å². The van der Waals surface area contributed by atoms with Crippen LogP contribution in [0.2, 0.25) is 0 Å². The Bertz CT molecular complexity index is 1490. The zero-order chi connectivity index (χ0) is 26.9. The molecule has 0 saturated heterocycles. The van der Waals surface area contributed by atoms with Crippen LogP contribution in [0.4, 0.5) is 30.7 Å². The maximum absolute atomic E-state index is 13.8. The number of hydrogen-bond acceptors (Lipinski definition) is 4. The van der Waals surface area contributed by atoms with Gasteiger partial charge in [0.15, 0.2) is 34.9 Å². The third-order valence-electron chi connectivity index (χ3n) is 5.05. The summed E-state index contributed by atoms with van der Waals surface area (Å²) < 4.78 is 104. The van der Waals surface area contributed by atoms with Gasteiger partial charge in [0.05, 0.1) is 5.56 Å². The number of rotatable bonds is 5. The lowest BCUT2D eigenvalue weighted by Crippen LogP contribution is -2.17. The first-order valence-electron chi connectivity index (χ1n) is 10.2. The van der Waals surface area contributed by atoms with Crippen LogP contribution < -0.4 is 9.47 Å². The van der Waals surface area contributed by atoms with Crippen molar-refractivity contribution in [1.82, 2.24) is 0 Å². The van der Waals surface area contributed by atoms with Gasteiger partial charge in [0, 0.05) is 0 Å². The van der Waals surface area contributed by atoms with E-state index in [-0.39, 0.29) is 11.5 Å². The summed E-state index contributed by atoms with van der Waals surface area (Å²) in [7, 11) is 0. The fraction of sp³-hybridized carbons (Fsp3) is 0. The van der Waals surface area contributed by atoms with Crippen molar-refractivity contribution in [2.45, 2.75) is 0 Å². The largest absolute Gasteiger partial charge is 0.423 e. The fourth-order valence-corrected chi connectivity index (χ4v) is 3.20. The second-order valence-corrected chi connectivity index (χ2v) is 7.37. The zero-order valence-electron chi connectivity index (χ0n) is 18.1. The van der Waals surface area contributed by atoms with E-state index in [0.29, 0.717) is 11.1 Å². The first-order valence-corrected chi connectivity index (χ1v) is 10.2. The summed E-state index contributed by atoms with van der Waals surface area (Å²) in [5.74, 6) is -17.3. The number of hydrogen-bond donors (Lipinski definition) is 0. The summed E-state index contributed by atoms with van der Waals surface area (Å²) in [4.78, 5) is 24.1. The average Bonchev–Trinajstić information content (AvgIpc) is 2.89. The zero-order valence-corrected chi connectivity index (χ0v) is 18.1. The summed E-state index contributed by atoms with van der Waals surface area (Å²) in [6, 6.07) is 14.1. The summed E-state index contributed by atoms with van der Waals surface area (Å²) >= 11 is 0. The minimum Gasteiger partial charge on any atom is -0.423 e. The van der Waals surface area contributed by atoms with Gasteiger partial charge in [0.2, 0.25) is 5.82 Å². The predicted octanol–water partition coefficient (Wildman–Crippen LogP) is 6.77. The van der Waals surface area contributed by atoms with Gasteiger partial charge in [-0.2, -0.15) is 0 Å². The third-order valence-corrected chi connectivity index (χ3v) is 5.05. The number of carbonyl (C=O) groups is 2. The highest BCUT2D eigenvalue weighted by atomic mass is 19.2. The molecule has 0 aromatic heterocycles. The van der Waals surface area contributed by atoms with Gasteiger partial charge in [-0.1, -0.05) is 30.3 Å². The van der Waals surface area contributed by atoms with E-state index in [1.807, 2.05) is 0 Å². The number of carbonyl (C=O) groups excluding carboxylic acids is 2. The maximum atomic E-state index is 13.8. The Kier molecular flexibility index (Phi) is 6.96. The molecule has 37 heavy (non-hydrogen) atoms. The van der Waals surface area contributed by atoms with Crippen LogP contribution in [-0.2, 0) is 0 Å². The predicted molar refractivity (Wildman–Crippen MR) is 114 cm³/mol. The molecule has 0 saturated carbocycles. The van der Waals surface area contributed by atoms with E-state index in [0.717, 1.165) is 18.2 Å². The van der Waals surface area contributed by atoms with Crippen molar-refractivity contribution >= 4 is 11.9 Å². The Morgan fingerprint density at radius 2 is 0.919 bits per heavy atom. The molecule has 4 aromatic carbocycles.